The monoisotopic (exact) mass is 343 g/mol. The molecule has 1 aromatic heterocycles. The normalized spacial score (nSPS) is 10.5. The van der Waals surface area contributed by atoms with Crippen LogP contribution in [0.25, 0.3) is 0 Å². The molecule has 0 spiro atoms. The first kappa shape index (κ1) is 16.1. The Morgan fingerprint density at radius 1 is 1.14 bits per heavy atom. The van der Waals surface area contributed by atoms with Crippen LogP contribution in [-0.4, -0.2) is 5.91 Å². The molecule has 21 heavy (non-hydrogen) atoms. The zero-order chi connectivity index (χ0) is 15.6. The van der Waals surface area contributed by atoms with Crippen LogP contribution in [0, 0.1) is 13.8 Å². The molecule has 0 radical (unpaired) electrons. The van der Waals surface area contributed by atoms with Gasteiger partial charge in [0.15, 0.2) is 11.9 Å². The largest absolute Gasteiger partial charge is 0.319 e. The van der Waals surface area contributed by atoms with E-state index in [0.717, 1.165) is 11.3 Å². The molecule has 6 heteroatoms. The SMILES string of the molecule is Cc1ccc[n+](CC(=O)Nc2cc(Cl)c(Cl)cc2Cl)c1C. The summed E-state index contributed by atoms with van der Waals surface area (Å²) >= 11 is 17.8. The van der Waals surface area contributed by atoms with Gasteiger partial charge < -0.3 is 5.32 Å². The quantitative estimate of drug-likeness (QED) is 0.657. The summed E-state index contributed by atoms with van der Waals surface area (Å²) in [4.78, 5) is 12.1. The summed E-state index contributed by atoms with van der Waals surface area (Å²) in [7, 11) is 0. The molecule has 1 heterocycles. The molecule has 2 rings (SSSR count). The number of hydrogen-bond donors (Lipinski definition) is 1. The van der Waals surface area contributed by atoms with Crippen molar-refractivity contribution in [3.8, 4) is 0 Å². The Bertz CT molecular complexity index is 702. The van der Waals surface area contributed by atoms with Gasteiger partial charge in [-0.2, -0.15) is 4.57 Å². The third-order valence-electron chi connectivity index (χ3n) is 3.21. The summed E-state index contributed by atoms with van der Waals surface area (Å²) in [6.45, 7) is 4.17. The number of carbonyl (C=O) groups excluding carboxylic acids is 1. The Labute approximate surface area is 138 Å². The van der Waals surface area contributed by atoms with Gasteiger partial charge in [-0.1, -0.05) is 34.8 Å². The maximum atomic E-state index is 12.1. The van der Waals surface area contributed by atoms with Gasteiger partial charge in [0.05, 0.1) is 20.8 Å². The van der Waals surface area contributed by atoms with E-state index in [1.165, 1.54) is 12.1 Å². The maximum absolute atomic E-state index is 12.1. The molecule has 1 N–H and O–H groups in total. The Morgan fingerprint density at radius 2 is 1.81 bits per heavy atom. The van der Waals surface area contributed by atoms with Gasteiger partial charge in [0.25, 0.3) is 5.91 Å². The number of pyridine rings is 1. The fraction of sp³-hybridized carbons (Fsp3) is 0.200. The van der Waals surface area contributed by atoms with Crippen LogP contribution in [0.4, 0.5) is 5.69 Å². The number of nitrogens with one attached hydrogen (secondary N) is 1. The summed E-state index contributed by atoms with van der Waals surface area (Å²) in [6.07, 6.45) is 1.86. The number of hydrogen-bond acceptors (Lipinski definition) is 1. The van der Waals surface area contributed by atoms with Gasteiger partial charge in [0.1, 0.15) is 0 Å². The van der Waals surface area contributed by atoms with Crippen molar-refractivity contribution in [2.75, 3.05) is 5.32 Å². The van der Waals surface area contributed by atoms with E-state index in [1.54, 1.807) is 0 Å². The zero-order valence-corrected chi connectivity index (χ0v) is 13.9. The predicted octanol–water partition coefficient (Wildman–Crippen LogP) is 4.19. The van der Waals surface area contributed by atoms with Gasteiger partial charge in [-0.05, 0) is 25.1 Å². The minimum absolute atomic E-state index is 0.186. The van der Waals surface area contributed by atoms with Crippen LogP contribution in [0.5, 0.6) is 0 Å². The van der Waals surface area contributed by atoms with Crippen molar-refractivity contribution >= 4 is 46.4 Å². The minimum Gasteiger partial charge on any atom is -0.319 e. The molecule has 3 nitrogen and oxygen atoms in total. The van der Waals surface area contributed by atoms with E-state index in [9.17, 15) is 4.79 Å². The average molecular weight is 345 g/mol. The standard InChI is InChI=1S/C15H13Cl3N2O/c1-9-4-3-5-20(10(9)2)8-15(21)19-14-7-12(17)11(16)6-13(14)18/h3-7H,8H2,1-2H3/p+1. The van der Waals surface area contributed by atoms with Crippen LogP contribution in [0.15, 0.2) is 30.5 Å². The van der Waals surface area contributed by atoms with Crippen LogP contribution in [0.2, 0.25) is 15.1 Å². The number of carbonyl (C=O) groups is 1. The van der Waals surface area contributed by atoms with Crippen molar-refractivity contribution in [3.63, 3.8) is 0 Å². The highest BCUT2D eigenvalue weighted by Crippen LogP contribution is 2.32. The van der Waals surface area contributed by atoms with Crippen molar-refractivity contribution in [1.82, 2.24) is 0 Å². The van der Waals surface area contributed by atoms with Gasteiger partial charge >= 0.3 is 0 Å². The third-order valence-corrected chi connectivity index (χ3v) is 4.25. The highest BCUT2D eigenvalue weighted by atomic mass is 35.5. The van der Waals surface area contributed by atoms with E-state index in [1.807, 2.05) is 36.7 Å². The molecule has 0 saturated heterocycles. The molecule has 0 fully saturated rings. The first-order chi connectivity index (χ1) is 9.88. The lowest BCUT2D eigenvalue weighted by Crippen LogP contribution is -2.43. The maximum Gasteiger partial charge on any atom is 0.290 e. The topological polar surface area (TPSA) is 33.0 Å². The summed E-state index contributed by atoms with van der Waals surface area (Å²) in [6, 6.07) is 6.95. The molecule has 110 valence electrons. The van der Waals surface area contributed by atoms with Crippen molar-refractivity contribution in [2.24, 2.45) is 0 Å². The smallest absolute Gasteiger partial charge is 0.290 e. The van der Waals surface area contributed by atoms with E-state index >= 15 is 0 Å². The van der Waals surface area contributed by atoms with Gasteiger partial charge in [0, 0.05) is 18.6 Å². The van der Waals surface area contributed by atoms with Crippen molar-refractivity contribution in [3.05, 3.63) is 56.8 Å². The molecule has 1 amide bonds. The lowest BCUT2D eigenvalue weighted by molar-refractivity contribution is -0.690. The number of rotatable bonds is 3. The van der Waals surface area contributed by atoms with E-state index in [4.69, 9.17) is 34.8 Å². The molecule has 1 aromatic carbocycles. The highest BCUT2D eigenvalue weighted by molar-refractivity contribution is 6.44. The van der Waals surface area contributed by atoms with E-state index in [2.05, 4.69) is 5.32 Å². The minimum atomic E-state index is -0.186. The molecule has 0 bridgehead atoms. The van der Waals surface area contributed by atoms with Crippen LogP contribution in [0.1, 0.15) is 11.3 Å². The van der Waals surface area contributed by atoms with Crippen LogP contribution in [0.3, 0.4) is 0 Å². The molecule has 0 aliphatic rings. The van der Waals surface area contributed by atoms with Crippen LogP contribution < -0.4 is 9.88 Å². The molecule has 2 aromatic rings. The molecule has 0 aliphatic carbocycles. The Kier molecular flexibility index (Phi) is 5.09. The fourth-order valence-corrected chi connectivity index (χ4v) is 2.48. The van der Waals surface area contributed by atoms with E-state index in [-0.39, 0.29) is 12.5 Å². The summed E-state index contributed by atoms with van der Waals surface area (Å²) in [5, 5.41) is 3.78. The second kappa shape index (κ2) is 6.65. The third kappa shape index (κ3) is 3.88. The summed E-state index contributed by atoms with van der Waals surface area (Å²) < 4.78 is 1.87. The first-order valence-corrected chi connectivity index (χ1v) is 7.42. The number of aryl methyl sites for hydroxylation is 1. The van der Waals surface area contributed by atoms with Gasteiger partial charge in [0.2, 0.25) is 6.54 Å². The zero-order valence-electron chi connectivity index (χ0n) is 11.6. The lowest BCUT2D eigenvalue weighted by Gasteiger charge is -2.08. The number of benzene rings is 1. The molecule has 0 atom stereocenters. The first-order valence-electron chi connectivity index (χ1n) is 6.28. The second-order valence-corrected chi connectivity index (χ2v) is 5.92. The predicted molar refractivity (Wildman–Crippen MR) is 86.2 cm³/mol. The number of halogens is 3. The number of nitrogens with zero attached hydrogens (tertiary/aromatic N) is 1. The molecule has 0 unspecified atom stereocenters. The fourth-order valence-electron chi connectivity index (χ4n) is 1.88. The molecular formula is C15H14Cl3N2O+. The van der Waals surface area contributed by atoms with Crippen molar-refractivity contribution in [1.29, 1.82) is 0 Å². The summed E-state index contributed by atoms with van der Waals surface area (Å²) in [5.74, 6) is -0.186. The van der Waals surface area contributed by atoms with Crippen molar-refractivity contribution in [2.45, 2.75) is 20.4 Å². The summed E-state index contributed by atoms with van der Waals surface area (Å²) in [5.41, 5.74) is 2.60. The van der Waals surface area contributed by atoms with Gasteiger partial charge in [-0.15, -0.1) is 0 Å². The number of anilines is 1. The average Bonchev–Trinajstić information content (AvgIpc) is 2.41. The van der Waals surface area contributed by atoms with Gasteiger partial charge in [-0.25, -0.2) is 0 Å². The van der Waals surface area contributed by atoms with E-state index in [0.29, 0.717) is 20.8 Å². The van der Waals surface area contributed by atoms with Gasteiger partial charge in [-0.3, -0.25) is 4.79 Å². The van der Waals surface area contributed by atoms with E-state index < -0.39 is 0 Å². The highest BCUT2D eigenvalue weighted by Gasteiger charge is 2.15. The lowest BCUT2D eigenvalue weighted by atomic mass is 10.2. The molecular weight excluding hydrogens is 331 g/mol. The Morgan fingerprint density at radius 3 is 2.52 bits per heavy atom. The second-order valence-electron chi connectivity index (χ2n) is 4.70. The van der Waals surface area contributed by atoms with Crippen LogP contribution in [-0.2, 0) is 11.3 Å². The van der Waals surface area contributed by atoms with Crippen molar-refractivity contribution < 1.29 is 9.36 Å². The number of aromatic nitrogens is 1. The Balaban J connectivity index is 2.16. The molecule has 0 aliphatic heterocycles. The van der Waals surface area contributed by atoms with Crippen LogP contribution >= 0.6 is 34.8 Å². The Hall–Kier alpha value is -1.29. The molecule has 0 saturated carbocycles. The number of amides is 1.